The highest BCUT2D eigenvalue weighted by molar-refractivity contribution is 5.44. The minimum Gasteiger partial charge on any atom is -0.497 e. The number of benzene rings is 1. The lowest BCUT2D eigenvalue weighted by atomic mass is 9.89. The summed E-state index contributed by atoms with van der Waals surface area (Å²) in [6.07, 6.45) is 0.743. The highest BCUT2D eigenvalue weighted by Gasteiger charge is 2.36. The number of hydrogen-bond acceptors (Lipinski definition) is 4. The van der Waals surface area contributed by atoms with E-state index in [4.69, 9.17) is 19.9 Å². The smallest absolute Gasteiger partial charge is 0.131 e. The van der Waals surface area contributed by atoms with E-state index >= 15 is 0 Å². The van der Waals surface area contributed by atoms with Gasteiger partial charge in [0.05, 0.1) is 13.7 Å². The molecule has 1 aromatic rings. The molecule has 0 amide bonds. The van der Waals surface area contributed by atoms with Crippen LogP contribution in [0.2, 0.25) is 0 Å². The van der Waals surface area contributed by atoms with Crippen molar-refractivity contribution in [2.75, 3.05) is 20.3 Å². The molecule has 2 N–H and O–H groups in total. The van der Waals surface area contributed by atoms with Crippen LogP contribution in [-0.4, -0.2) is 25.9 Å². The van der Waals surface area contributed by atoms with Crippen molar-refractivity contribution in [3.8, 4) is 11.5 Å². The molecule has 0 aromatic heterocycles. The molecular formula is C14H21NO3. The standard InChI is InChI=1S/C14H21NO3/c1-4-17-9-14(2)8-12(15)11-7-10(16-3)5-6-13(11)18-14/h5-7,12H,4,8-9,15H2,1-3H3. The zero-order chi connectivity index (χ0) is 13.2. The van der Waals surface area contributed by atoms with Crippen molar-refractivity contribution < 1.29 is 14.2 Å². The van der Waals surface area contributed by atoms with Crippen molar-refractivity contribution in [2.24, 2.45) is 5.73 Å². The van der Waals surface area contributed by atoms with Gasteiger partial charge in [-0.25, -0.2) is 0 Å². The SMILES string of the molecule is CCOCC1(C)CC(N)c2cc(OC)ccc2O1. The highest BCUT2D eigenvalue weighted by atomic mass is 16.5. The predicted molar refractivity (Wildman–Crippen MR) is 70.1 cm³/mol. The topological polar surface area (TPSA) is 53.7 Å². The number of fused-ring (bicyclic) bond motifs is 1. The summed E-state index contributed by atoms with van der Waals surface area (Å²) in [4.78, 5) is 0. The third-order valence-corrected chi connectivity index (χ3v) is 3.24. The van der Waals surface area contributed by atoms with E-state index in [9.17, 15) is 0 Å². The Morgan fingerprint density at radius 3 is 2.94 bits per heavy atom. The molecule has 2 atom stereocenters. The van der Waals surface area contributed by atoms with Crippen molar-refractivity contribution >= 4 is 0 Å². The molecule has 100 valence electrons. The van der Waals surface area contributed by atoms with Gasteiger partial charge in [0.15, 0.2) is 0 Å². The number of methoxy groups -OCH3 is 1. The predicted octanol–water partition coefficient (Wildman–Crippen LogP) is 2.27. The number of ether oxygens (including phenoxy) is 3. The lowest BCUT2D eigenvalue weighted by Crippen LogP contribution is -2.44. The Morgan fingerprint density at radius 1 is 1.50 bits per heavy atom. The Balaban J connectivity index is 2.23. The summed E-state index contributed by atoms with van der Waals surface area (Å²) in [7, 11) is 1.65. The van der Waals surface area contributed by atoms with Gasteiger partial charge in [0.2, 0.25) is 0 Å². The Labute approximate surface area is 108 Å². The molecule has 1 aliphatic rings. The minimum atomic E-state index is -0.350. The Bertz CT molecular complexity index is 422. The van der Waals surface area contributed by atoms with Crippen LogP contribution in [0.25, 0.3) is 0 Å². The number of rotatable bonds is 4. The third kappa shape index (κ3) is 2.60. The van der Waals surface area contributed by atoms with Crippen molar-refractivity contribution in [3.05, 3.63) is 23.8 Å². The lowest BCUT2D eigenvalue weighted by molar-refractivity contribution is -0.0302. The molecule has 0 aliphatic carbocycles. The largest absolute Gasteiger partial charge is 0.497 e. The summed E-state index contributed by atoms with van der Waals surface area (Å²) in [5.41, 5.74) is 6.88. The molecule has 0 bridgehead atoms. The first kappa shape index (κ1) is 13.2. The molecule has 2 rings (SSSR count). The average molecular weight is 251 g/mol. The quantitative estimate of drug-likeness (QED) is 0.892. The molecule has 0 spiro atoms. The van der Waals surface area contributed by atoms with Crippen LogP contribution in [0.5, 0.6) is 11.5 Å². The van der Waals surface area contributed by atoms with E-state index in [1.807, 2.05) is 32.0 Å². The van der Waals surface area contributed by atoms with Crippen molar-refractivity contribution in [1.29, 1.82) is 0 Å². The first-order valence-electron chi connectivity index (χ1n) is 6.28. The molecule has 1 heterocycles. The van der Waals surface area contributed by atoms with Gasteiger partial charge in [-0.05, 0) is 32.0 Å². The van der Waals surface area contributed by atoms with Gasteiger partial charge in [0, 0.05) is 24.6 Å². The molecule has 1 aromatic carbocycles. The maximum Gasteiger partial charge on any atom is 0.131 e. The number of nitrogens with two attached hydrogens (primary N) is 1. The second-order valence-electron chi connectivity index (χ2n) is 4.90. The molecule has 0 saturated carbocycles. The van der Waals surface area contributed by atoms with Gasteiger partial charge in [-0.3, -0.25) is 0 Å². The van der Waals surface area contributed by atoms with E-state index in [-0.39, 0.29) is 11.6 Å². The fourth-order valence-electron chi connectivity index (χ4n) is 2.32. The number of hydrogen-bond donors (Lipinski definition) is 1. The normalized spacial score (nSPS) is 26.3. The van der Waals surface area contributed by atoms with Crippen LogP contribution in [0, 0.1) is 0 Å². The monoisotopic (exact) mass is 251 g/mol. The molecule has 4 heteroatoms. The Morgan fingerprint density at radius 2 is 2.28 bits per heavy atom. The van der Waals surface area contributed by atoms with Gasteiger partial charge < -0.3 is 19.9 Å². The van der Waals surface area contributed by atoms with Gasteiger partial charge in [-0.1, -0.05) is 0 Å². The Hall–Kier alpha value is -1.26. The van der Waals surface area contributed by atoms with Gasteiger partial charge in [0.25, 0.3) is 0 Å². The fraction of sp³-hybridized carbons (Fsp3) is 0.571. The summed E-state index contributed by atoms with van der Waals surface area (Å²) in [5, 5.41) is 0. The summed E-state index contributed by atoms with van der Waals surface area (Å²) in [5.74, 6) is 1.64. The highest BCUT2D eigenvalue weighted by Crippen LogP contribution is 2.40. The summed E-state index contributed by atoms with van der Waals surface area (Å²) >= 11 is 0. The molecule has 0 radical (unpaired) electrons. The summed E-state index contributed by atoms with van der Waals surface area (Å²) < 4.78 is 16.7. The van der Waals surface area contributed by atoms with Crippen LogP contribution in [-0.2, 0) is 4.74 Å². The Kier molecular flexibility index (Phi) is 3.78. The van der Waals surface area contributed by atoms with Crippen molar-refractivity contribution in [3.63, 3.8) is 0 Å². The van der Waals surface area contributed by atoms with Crippen LogP contribution >= 0.6 is 0 Å². The van der Waals surface area contributed by atoms with Crippen molar-refractivity contribution in [2.45, 2.75) is 31.9 Å². The van der Waals surface area contributed by atoms with Gasteiger partial charge in [-0.2, -0.15) is 0 Å². The molecular weight excluding hydrogens is 230 g/mol. The third-order valence-electron chi connectivity index (χ3n) is 3.24. The second-order valence-corrected chi connectivity index (χ2v) is 4.90. The van der Waals surface area contributed by atoms with Gasteiger partial charge in [0.1, 0.15) is 17.1 Å². The van der Waals surface area contributed by atoms with E-state index < -0.39 is 0 Å². The lowest BCUT2D eigenvalue weighted by Gasteiger charge is -2.38. The van der Waals surface area contributed by atoms with E-state index in [1.54, 1.807) is 7.11 Å². The molecule has 18 heavy (non-hydrogen) atoms. The average Bonchev–Trinajstić information content (AvgIpc) is 2.36. The molecule has 4 nitrogen and oxygen atoms in total. The first-order valence-corrected chi connectivity index (χ1v) is 6.28. The van der Waals surface area contributed by atoms with Crippen LogP contribution < -0.4 is 15.2 Å². The first-order chi connectivity index (χ1) is 8.58. The van der Waals surface area contributed by atoms with Crippen LogP contribution in [0.15, 0.2) is 18.2 Å². The van der Waals surface area contributed by atoms with Crippen LogP contribution in [0.3, 0.4) is 0 Å². The molecule has 0 fully saturated rings. The maximum atomic E-state index is 6.23. The van der Waals surface area contributed by atoms with Gasteiger partial charge >= 0.3 is 0 Å². The van der Waals surface area contributed by atoms with E-state index in [0.717, 1.165) is 23.5 Å². The minimum absolute atomic E-state index is 0.0469. The van der Waals surface area contributed by atoms with Gasteiger partial charge in [-0.15, -0.1) is 0 Å². The summed E-state index contributed by atoms with van der Waals surface area (Å²) in [6, 6.07) is 5.70. The fourth-order valence-corrected chi connectivity index (χ4v) is 2.32. The van der Waals surface area contributed by atoms with E-state index in [1.165, 1.54) is 0 Å². The zero-order valence-corrected chi connectivity index (χ0v) is 11.2. The van der Waals surface area contributed by atoms with E-state index in [0.29, 0.717) is 13.2 Å². The summed E-state index contributed by atoms with van der Waals surface area (Å²) in [6.45, 7) is 5.26. The van der Waals surface area contributed by atoms with Crippen LogP contribution in [0.4, 0.5) is 0 Å². The molecule has 2 unspecified atom stereocenters. The molecule has 0 saturated heterocycles. The second kappa shape index (κ2) is 5.16. The van der Waals surface area contributed by atoms with Crippen molar-refractivity contribution in [1.82, 2.24) is 0 Å². The van der Waals surface area contributed by atoms with Crippen LogP contribution in [0.1, 0.15) is 31.9 Å². The van der Waals surface area contributed by atoms with E-state index in [2.05, 4.69) is 0 Å². The zero-order valence-electron chi connectivity index (χ0n) is 11.2. The molecule has 1 aliphatic heterocycles. The maximum absolute atomic E-state index is 6.23.